The van der Waals surface area contributed by atoms with Crippen LogP contribution < -0.4 is 5.32 Å². The minimum atomic E-state index is -2.97. The van der Waals surface area contributed by atoms with E-state index in [4.69, 9.17) is 16.0 Å². The zero-order valence-electron chi connectivity index (χ0n) is 17.3. The standard InChI is InChI=1S/C22H22ClN3O4S2/c1-14-7-8-17(12-18(14)23)24-21(27)20(16-5-3-2-4-6-16)31-22-26-25-19(30-22)11-15-9-10-32(28,29)13-15/h2-8,12,15,20H,9-11,13H2,1H3,(H,24,27)/t15-,20-/m0/s1. The summed E-state index contributed by atoms with van der Waals surface area (Å²) in [5, 5.41) is 11.2. The molecule has 2 aromatic carbocycles. The predicted octanol–water partition coefficient (Wildman–Crippen LogP) is 4.48. The van der Waals surface area contributed by atoms with Crippen LogP contribution in [-0.2, 0) is 21.1 Å². The molecule has 0 spiro atoms. The lowest BCUT2D eigenvalue weighted by Crippen LogP contribution is -2.19. The van der Waals surface area contributed by atoms with E-state index in [1.54, 1.807) is 12.1 Å². The molecule has 1 saturated heterocycles. The Balaban J connectivity index is 1.49. The van der Waals surface area contributed by atoms with Gasteiger partial charge in [0, 0.05) is 17.1 Å². The summed E-state index contributed by atoms with van der Waals surface area (Å²) in [6.45, 7) is 1.89. The summed E-state index contributed by atoms with van der Waals surface area (Å²) in [6, 6.07) is 14.7. The molecule has 168 valence electrons. The van der Waals surface area contributed by atoms with Crippen LogP contribution in [0.25, 0.3) is 0 Å². The van der Waals surface area contributed by atoms with Gasteiger partial charge < -0.3 is 9.73 Å². The Labute approximate surface area is 195 Å². The van der Waals surface area contributed by atoms with Gasteiger partial charge in [0.2, 0.25) is 11.8 Å². The number of anilines is 1. The number of sulfone groups is 1. The number of thioether (sulfide) groups is 1. The Morgan fingerprint density at radius 2 is 2.03 bits per heavy atom. The molecule has 1 aromatic heterocycles. The molecule has 4 rings (SSSR count). The van der Waals surface area contributed by atoms with Gasteiger partial charge in [-0.25, -0.2) is 8.42 Å². The van der Waals surface area contributed by atoms with Crippen LogP contribution >= 0.6 is 23.4 Å². The van der Waals surface area contributed by atoms with Gasteiger partial charge in [-0.05, 0) is 54.3 Å². The van der Waals surface area contributed by atoms with Gasteiger partial charge in [-0.3, -0.25) is 4.79 Å². The van der Waals surface area contributed by atoms with E-state index in [1.165, 1.54) is 0 Å². The molecule has 0 bridgehead atoms. The van der Waals surface area contributed by atoms with Crippen LogP contribution in [0.2, 0.25) is 5.02 Å². The molecular weight excluding hydrogens is 470 g/mol. The molecule has 1 amide bonds. The second kappa shape index (κ2) is 9.64. The van der Waals surface area contributed by atoms with Crippen molar-refractivity contribution in [2.75, 3.05) is 16.8 Å². The molecule has 0 radical (unpaired) electrons. The lowest BCUT2D eigenvalue weighted by Gasteiger charge is -2.15. The van der Waals surface area contributed by atoms with Crippen molar-refractivity contribution in [3.05, 3.63) is 70.6 Å². The fourth-order valence-electron chi connectivity index (χ4n) is 3.53. The number of amides is 1. The minimum Gasteiger partial charge on any atom is -0.416 e. The molecule has 7 nitrogen and oxygen atoms in total. The number of aromatic nitrogens is 2. The maximum Gasteiger partial charge on any atom is 0.277 e. The number of carbonyl (C=O) groups is 1. The van der Waals surface area contributed by atoms with Gasteiger partial charge >= 0.3 is 0 Å². The topological polar surface area (TPSA) is 102 Å². The molecule has 1 fully saturated rings. The Kier molecular flexibility index (Phi) is 6.88. The van der Waals surface area contributed by atoms with Crippen LogP contribution in [0.4, 0.5) is 5.69 Å². The summed E-state index contributed by atoms with van der Waals surface area (Å²) < 4.78 is 29.1. The lowest BCUT2D eigenvalue weighted by molar-refractivity contribution is -0.115. The first-order valence-corrected chi connectivity index (χ1v) is 13.2. The van der Waals surface area contributed by atoms with Gasteiger partial charge in [0.15, 0.2) is 9.84 Å². The predicted molar refractivity (Wildman–Crippen MR) is 125 cm³/mol. The smallest absolute Gasteiger partial charge is 0.277 e. The van der Waals surface area contributed by atoms with Crippen molar-refractivity contribution >= 4 is 44.8 Å². The van der Waals surface area contributed by atoms with Crippen LogP contribution in [0, 0.1) is 12.8 Å². The fourth-order valence-corrected chi connectivity index (χ4v) is 6.46. The number of nitrogens with zero attached hydrogens (tertiary/aromatic N) is 2. The molecule has 1 N–H and O–H groups in total. The molecule has 1 aliphatic heterocycles. The van der Waals surface area contributed by atoms with E-state index in [-0.39, 0.29) is 28.6 Å². The number of nitrogens with one attached hydrogen (secondary N) is 1. The number of carbonyl (C=O) groups excluding carboxylic acids is 1. The Morgan fingerprint density at radius 1 is 1.25 bits per heavy atom. The Bertz CT molecular complexity index is 1210. The number of hydrogen-bond donors (Lipinski definition) is 1. The van der Waals surface area contributed by atoms with E-state index in [9.17, 15) is 13.2 Å². The first kappa shape index (κ1) is 22.8. The third kappa shape index (κ3) is 5.70. The molecule has 32 heavy (non-hydrogen) atoms. The fraction of sp³-hybridized carbons (Fsp3) is 0.318. The Hall–Kier alpha value is -2.36. The van der Waals surface area contributed by atoms with E-state index in [0.717, 1.165) is 22.9 Å². The second-order valence-corrected chi connectivity index (χ2v) is 11.5. The van der Waals surface area contributed by atoms with Gasteiger partial charge in [-0.2, -0.15) is 0 Å². The minimum absolute atomic E-state index is 0.0159. The molecule has 2 atom stereocenters. The van der Waals surface area contributed by atoms with Crippen molar-refractivity contribution < 1.29 is 17.6 Å². The van der Waals surface area contributed by atoms with Gasteiger partial charge in [0.05, 0.1) is 11.5 Å². The van der Waals surface area contributed by atoms with Crippen molar-refractivity contribution in [1.29, 1.82) is 0 Å². The largest absolute Gasteiger partial charge is 0.416 e. The normalized spacial score (nSPS) is 18.4. The van der Waals surface area contributed by atoms with Gasteiger partial charge in [0.25, 0.3) is 5.22 Å². The highest BCUT2D eigenvalue weighted by molar-refractivity contribution is 8.00. The molecule has 1 aliphatic rings. The number of hydrogen-bond acceptors (Lipinski definition) is 7. The molecule has 0 aliphatic carbocycles. The van der Waals surface area contributed by atoms with Crippen LogP contribution in [0.1, 0.15) is 28.7 Å². The maximum atomic E-state index is 13.1. The van der Waals surface area contributed by atoms with E-state index >= 15 is 0 Å². The summed E-state index contributed by atoms with van der Waals surface area (Å²) >= 11 is 7.34. The summed E-state index contributed by atoms with van der Waals surface area (Å²) in [4.78, 5) is 13.1. The monoisotopic (exact) mass is 491 g/mol. The third-order valence-electron chi connectivity index (χ3n) is 5.24. The molecule has 3 aromatic rings. The average molecular weight is 492 g/mol. The first-order chi connectivity index (χ1) is 15.3. The summed E-state index contributed by atoms with van der Waals surface area (Å²) in [6.07, 6.45) is 1.01. The van der Waals surface area contributed by atoms with E-state index < -0.39 is 15.1 Å². The highest BCUT2D eigenvalue weighted by Crippen LogP contribution is 2.36. The van der Waals surface area contributed by atoms with E-state index in [0.29, 0.717) is 29.4 Å². The maximum absolute atomic E-state index is 13.1. The molecule has 2 heterocycles. The Morgan fingerprint density at radius 3 is 2.72 bits per heavy atom. The highest BCUT2D eigenvalue weighted by atomic mass is 35.5. The zero-order chi connectivity index (χ0) is 22.7. The van der Waals surface area contributed by atoms with Crippen molar-refractivity contribution in [2.24, 2.45) is 5.92 Å². The van der Waals surface area contributed by atoms with Gasteiger partial charge in [-0.15, -0.1) is 10.2 Å². The van der Waals surface area contributed by atoms with Crippen LogP contribution in [0.5, 0.6) is 0 Å². The number of benzene rings is 2. The SMILES string of the molecule is Cc1ccc(NC(=O)[C@@H](Sc2nnc(C[C@@H]3CCS(=O)(=O)C3)o2)c2ccccc2)cc1Cl. The number of rotatable bonds is 7. The van der Waals surface area contributed by atoms with Crippen LogP contribution in [0.15, 0.2) is 58.2 Å². The van der Waals surface area contributed by atoms with Gasteiger partial charge in [0.1, 0.15) is 5.25 Å². The van der Waals surface area contributed by atoms with Crippen molar-refractivity contribution in [2.45, 2.75) is 30.2 Å². The molecule has 10 heteroatoms. The highest BCUT2D eigenvalue weighted by Gasteiger charge is 2.30. The molecule has 0 unspecified atom stereocenters. The molecular formula is C22H22ClN3O4S2. The van der Waals surface area contributed by atoms with Crippen molar-refractivity contribution in [3.63, 3.8) is 0 Å². The molecule has 0 saturated carbocycles. The zero-order valence-corrected chi connectivity index (χ0v) is 19.7. The van der Waals surface area contributed by atoms with E-state index in [2.05, 4.69) is 15.5 Å². The van der Waals surface area contributed by atoms with Gasteiger partial charge in [-0.1, -0.05) is 48.0 Å². The summed E-state index contributed by atoms with van der Waals surface area (Å²) in [7, 11) is -2.97. The van der Waals surface area contributed by atoms with E-state index in [1.807, 2.05) is 43.3 Å². The summed E-state index contributed by atoms with van der Waals surface area (Å²) in [5.41, 5.74) is 2.31. The van der Waals surface area contributed by atoms with Crippen LogP contribution in [-0.4, -0.2) is 36.0 Å². The van der Waals surface area contributed by atoms with Crippen molar-refractivity contribution in [1.82, 2.24) is 10.2 Å². The summed E-state index contributed by atoms with van der Waals surface area (Å²) in [5.74, 6) is 0.464. The van der Waals surface area contributed by atoms with Crippen LogP contribution in [0.3, 0.4) is 0 Å². The second-order valence-electron chi connectivity index (χ2n) is 7.80. The lowest BCUT2D eigenvalue weighted by atomic mass is 10.1. The first-order valence-electron chi connectivity index (χ1n) is 10.1. The number of aryl methyl sites for hydroxylation is 1. The number of halogens is 1. The average Bonchev–Trinajstić information content (AvgIpc) is 3.35. The quantitative estimate of drug-likeness (QED) is 0.486. The van der Waals surface area contributed by atoms with Crippen molar-refractivity contribution in [3.8, 4) is 0 Å². The third-order valence-corrected chi connectivity index (χ3v) is 8.57.